The molecule has 3 N–H and O–H groups in total. The van der Waals surface area contributed by atoms with Crippen LogP contribution in [0.2, 0.25) is 0 Å². The summed E-state index contributed by atoms with van der Waals surface area (Å²) in [4.78, 5) is 12.5. The van der Waals surface area contributed by atoms with Gasteiger partial charge in [0.05, 0.1) is 23.8 Å². The van der Waals surface area contributed by atoms with E-state index in [1.165, 1.54) is 0 Å². The number of nitrogens with one attached hydrogen (secondary N) is 2. The minimum Gasteiger partial charge on any atom is -0.389 e. The van der Waals surface area contributed by atoms with Crippen LogP contribution in [0.4, 0.5) is 0 Å². The molecular weight excluding hydrogens is 330 g/mol. The molecule has 1 saturated heterocycles. The molecule has 1 aromatic carbocycles. The second-order valence-corrected chi connectivity index (χ2v) is 5.97. The number of nitrogens with zero attached hydrogens (tertiary/aromatic N) is 1. The smallest absolute Gasteiger partial charge is 0.228 e. The van der Waals surface area contributed by atoms with Crippen LogP contribution in [0.25, 0.3) is 0 Å². The quantitative estimate of drug-likeness (QED) is 0.773. The Morgan fingerprint density at radius 2 is 2.21 bits per heavy atom. The summed E-state index contributed by atoms with van der Waals surface area (Å²) in [6.07, 6.45) is 0.0358. The molecule has 24 heavy (non-hydrogen) atoms. The monoisotopic (exact) mass is 351 g/mol. The van der Waals surface area contributed by atoms with Crippen molar-refractivity contribution in [3.63, 3.8) is 0 Å². The standard InChI is InChI=1S/C17H21N3O3.ClH/c1-12-9-14(23-20-12)10-16(22)19-17(7-8-18-11-15(17)21)13-5-3-2-4-6-13;/h2-6,9,15,18,21H,7-8,10-11H2,1H3,(H,19,22);1H/t15-,17+;/m1./s1. The van der Waals surface area contributed by atoms with Crippen molar-refractivity contribution in [2.24, 2.45) is 0 Å². The second-order valence-electron chi connectivity index (χ2n) is 5.97. The Bertz CT molecular complexity index is 677. The first-order chi connectivity index (χ1) is 11.1. The van der Waals surface area contributed by atoms with Crippen molar-refractivity contribution >= 4 is 18.3 Å². The number of rotatable bonds is 4. The molecule has 6 nitrogen and oxygen atoms in total. The van der Waals surface area contributed by atoms with Gasteiger partial charge < -0.3 is 20.3 Å². The Morgan fingerprint density at radius 1 is 1.46 bits per heavy atom. The number of piperidine rings is 1. The molecule has 7 heteroatoms. The third kappa shape index (κ3) is 3.77. The van der Waals surface area contributed by atoms with Crippen molar-refractivity contribution in [1.29, 1.82) is 0 Å². The molecule has 0 saturated carbocycles. The lowest BCUT2D eigenvalue weighted by molar-refractivity contribution is -0.125. The minimum atomic E-state index is -0.779. The van der Waals surface area contributed by atoms with Gasteiger partial charge >= 0.3 is 0 Å². The molecule has 0 aliphatic carbocycles. The fraction of sp³-hybridized carbons (Fsp3) is 0.412. The number of carbonyl (C=O) groups is 1. The molecule has 1 aromatic heterocycles. The molecule has 2 aromatic rings. The lowest BCUT2D eigenvalue weighted by Crippen LogP contribution is -2.61. The minimum absolute atomic E-state index is 0. The molecule has 130 valence electrons. The average Bonchev–Trinajstić information content (AvgIpc) is 2.95. The zero-order valence-corrected chi connectivity index (χ0v) is 14.3. The van der Waals surface area contributed by atoms with Crippen molar-refractivity contribution in [1.82, 2.24) is 15.8 Å². The third-order valence-corrected chi connectivity index (χ3v) is 4.27. The van der Waals surface area contributed by atoms with Crippen LogP contribution in [0.1, 0.15) is 23.4 Å². The predicted octanol–water partition coefficient (Wildman–Crippen LogP) is 1.31. The van der Waals surface area contributed by atoms with Crippen molar-refractivity contribution in [3.05, 3.63) is 53.4 Å². The van der Waals surface area contributed by atoms with Gasteiger partial charge in [-0.05, 0) is 25.5 Å². The fourth-order valence-electron chi connectivity index (χ4n) is 3.11. The largest absolute Gasteiger partial charge is 0.389 e. The molecule has 0 bridgehead atoms. The van der Waals surface area contributed by atoms with Gasteiger partial charge in [-0.1, -0.05) is 35.5 Å². The molecule has 1 aliphatic heterocycles. The lowest BCUT2D eigenvalue weighted by atomic mass is 9.79. The van der Waals surface area contributed by atoms with Crippen LogP contribution < -0.4 is 10.6 Å². The van der Waals surface area contributed by atoms with Gasteiger partial charge in [0.2, 0.25) is 5.91 Å². The number of β-amino-alcohol motifs (C(OH)–C–C–N with tert-alkyl or cyclic N) is 1. The van der Waals surface area contributed by atoms with E-state index in [9.17, 15) is 9.90 Å². The topological polar surface area (TPSA) is 87.4 Å². The molecule has 0 spiro atoms. The van der Waals surface area contributed by atoms with Gasteiger partial charge in [0.25, 0.3) is 0 Å². The number of hydrogen-bond donors (Lipinski definition) is 3. The summed E-state index contributed by atoms with van der Waals surface area (Å²) in [5, 5.41) is 20.6. The Hall–Kier alpha value is -1.89. The van der Waals surface area contributed by atoms with Crippen molar-refractivity contribution < 1.29 is 14.4 Å². The predicted molar refractivity (Wildman–Crippen MR) is 91.9 cm³/mol. The van der Waals surface area contributed by atoms with Crippen LogP contribution >= 0.6 is 12.4 Å². The first-order valence-electron chi connectivity index (χ1n) is 7.78. The maximum atomic E-state index is 12.5. The van der Waals surface area contributed by atoms with E-state index in [-0.39, 0.29) is 24.7 Å². The molecule has 1 amide bonds. The Kier molecular flexibility index (Phi) is 5.99. The second kappa shape index (κ2) is 7.79. The van der Waals surface area contributed by atoms with E-state index in [1.54, 1.807) is 6.07 Å². The number of benzene rings is 1. The average molecular weight is 352 g/mol. The number of amides is 1. The van der Waals surface area contributed by atoms with E-state index in [1.807, 2.05) is 37.3 Å². The molecule has 2 heterocycles. The van der Waals surface area contributed by atoms with Crippen LogP contribution in [-0.2, 0) is 16.8 Å². The van der Waals surface area contributed by atoms with Gasteiger partial charge in [-0.15, -0.1) is 12.4 Å². The summed E-state index contributed by atoms with van der Waals surface area (Å²) in [6.45, 7) is 2.98. The number of hydrogen-bond acceptors (Lipinski definition) is 5. The van der Waals surface area contributed by atoms with Crippen molar-refractivity contribution in [2.45, 2.75) is 31.4 Å². The lowest BCUT2D eigenvalue weighted by Gasteiger charge is -2.43. The maximum Gasteiger partial charge on any atom is 0.228 e. The summed E-state index contributed by atoms with van der Waals surface area (Å²) in [5.74, 6) is 0.331. The Balaban J connectivity index is 0.00000208. The normalized spacial score (nSPS) is 23.3. The summed E-state index contributed by atoms with van der Waals surface area (Å²) in [5.41, 5.74) is 0.877. The van der Waals surface area contributed by atoms with E-state index in [0.717, 1.165) is 17.8 Å². The summed E-state index contributed by atoms with van der Waals surface area (Å²) < 4.78 is 5.10. The van der Waals surface area contributed by atoms with Gasteiger partial charge in [0.1, 0.15) is 5.76 Å². The molecule has 0 unspecified atom stereocenters. The van der Waals surface area contributed by atoms with Crippen LogP contribution in [0.15, 0.2) is 40.9 Å². The van der Waals surface area contributed by atoms with E-state index < -0.39 is 11.6 Å². The number of halogens is 1. The highest BCUT2D eigenvalue weighted by atomic mass is 35.5. The fourth-order valence-corrected chi connectivity index (χ4v) is 3.11. The van der Waals surface area contributed by atoms with Gasteiger partial charge in [-0.2, -0.15) is 0 Å². The number of aliphatic hydroxyl groups excluding tert-OH is 1. The summed E-state index contributed by atoms with van der Waals surface area (Å²) >= 11 is 0. The highest BCUT2D eigenvalue weighted by Gasteiger charge is 2.42. The first kappa shape index (κ1) is 18.4. The third-order valence-electron chi connectivity index (χ3n) is 4.27. The van der Waals surface area contributed by atoms with Crippen molar-refractivity contribution in [2.75, 3.05) is 13.1 Å². The van der Waals surface area contributed by atoms with Crippen LogP contribution in [0, 0.1) is 6.92 Å². The Morgan fingerprint density at radius 3 is 2.83 bits per heavy atom. The molecule has 1 aliphatic rings. The van der Waals surface area contributed by atoms with E-state index in [4.69, 9.17) is 4.52 Å². The molecule has 1 fully saturated rings. The van der Waals surface area contributed by atoms with Gasteiger partial charge in [0.15, 0.2) is 0 Å². The van der Waals surface area contributed by atoms with E-state index in [2.05, 4.69) is 15.8 Å². The van der Waals surface area contributed by atoms with Gasteiger partial charge in [-0.3, -0.25) is 4.79 Å². The molecule has 0 radical (unpaired) electrons. The number of aryl methyl sites for hydroxylation is 1. The van der Waals surface area contributed by atoms with Crippen LogP contribution in [-0.4, -0.2) is 35.4 Å². The number of aliphatic hydroxyl groups is 1. The molecule has 3 rings (SSSR count). The van der Waals surface area contributed by atoms with E-state index >= 15 is 0 Å². The zero-order valence-electron chi connectivity index (χ0n) is 13.5. The maximum absolute atomic E-state index is 12.5. The highest BCUT2D eigenvalue weighted by Crippen LogP contribution is 2.31. The van der Waals surface area contributed by atoms with Gasteiger partial charge in [0, 0.05) is 12.6 Å². The van der Waals surface area contributed by atoms with Gasteiger partial charge in [-0.25, -0.2) is 0 Å². The first-order valence-corrected chi connectivity index (χ1v) is 7.78. The molecule has 2 atom stereocenters. The molecular formula is C17H22ClN3O3. The summed E-state index contributed by atoms with van der Waals surface area (Å²) in [7, 11) is 0. The van der Waals surface area contributed by atoms with Crippen molar-refractivity contribution in [3.8, 4) is 0 Å². The number of aromatic nitrogens is 1. The van der Waals surface area contributed by atoms with Crippen LogP contribution in [0.5, 0.6) is 0 Å². The van der Waals surface area contributed by atoms with Crippen LogP contribution in [0.3, 0.4) is 0 Å². The SMILES string of the molecule is Cc1cc(CC(=O)N[C@]2(c3ccccc3)CCNC[C@H]2O)on1.Cl. The zero-order chi connectivity index (χ0) is 16.3. The van der Waals surface area contributed by atoms with E-state index in [0.29, 0.717) is 18.7 Å². The highest BCUT2D eigenvalue weighted by molar-refractivity contribution is 5.85. The summed E-state index contributed by atoms with van der Waals surface area (Å²) in [6, 6.07) is 11.4. The Labute approximate surface area is 147 Å². The number of carbonyl (C=O) groups excluding carboxylic acids is 1.